The number of aromatic amines is 1. The second kappa shape index (κ2) is 12.3. The molecule has 1 saturated heterocycles. The minimum Gasteiger partial charge on any atom is -0.383 e. The maximum Gasteiger partial charge on any atom is 0.261 e. The monoisotopic (exact) mass is 369 g/mol. The van der Waals surface area contributed by atoms with E-state index in [9.17, 15) is 4.79 Å². The quantitative estimate of drug-likeness (QED) is 0.565. The lowest BCUT2D eigenvalue weighted by atomic mass is 10.1. The van der Waals surface area contributed by atoms with Crippen LogP contribution in [0.15, 0.2) is 52.4 Å². The van der Waals surface area contributed by atoms with Crippen molar-refractivity contribution in [1.82, 2.24) is 4.98 Å². The summed E-state index contributed by atoms with van der Waals surface area (Å²) >= 11 is 0. The molecule has 2 aromatic rings. The molecule has 7 nitrogen and oxygen atoms in total. The highest BCUT2D eigenvalue weighted by Crippen LogP contribution is 2.18. The number of amidine groups is 1. The summed E-state index contributed by atoms with van der Waals surface area (Å²) in [5.74, 6) is 0.192. The molecule has 1 unspecified atom stereocenters. The molecular weight excluding hydrogens is 342 g/mol. The number of pyridine rings is 1. The minimum absolute atomic E-state index is 0.175. The van der Waals surface area contributed by atoms with Gasteiger partial charge in [-0.25, -0.2) is 10.3 Å². The van der Waals surface area contributed by atoms with E-state index in [1.807, 2.05) is 44.2 Å². The highest BCUT2D eigenvalue weighted by Gasteiger charge is 2.17. The Morgan fingerprint density at radius 3 is 2.63 bits per heavy atom. The first kappa shape index (κ1) is 21.9. The zero-order chi connectivity index (χ0) is 20.1. The minimum atomic E-state index is -0.260. The fourth-order valence-corrected chi connectivity index (χ4v) is 2.63. The summed E-state index contributed by atoms with van der Waals surface area (Å²) < 4.78 is 5.47. The number of benzene rings is 1. The molecule has 4 N–H and O–H groups in total. The maximum absolute atomic E-state index is 12.2. The van der Waals surface area contributed by atoms with Crippen LogP contribution in [-0.2, 0) is 4.74 Å². The van der Waals surface area contributed by atoms with Crippen LogP contribution in [0.5, 0.6) is 0 Å². The van der Waals surface area contributed by atoms with Crippen molar-refractivity contribution < 1.29 is 4.74 Å². The molecule has 7 heteroatoms. The topological polar surface area (TPSA) is 116 Å². The Morgan fingerprint density at radius 2 is 2.00 bits per heavy atom. The van der Waals surface area contributed by atoms with E-state index in [1.165, 1.54) is 0 Å². The Kier molecular flexibility index (Phi) is 9.97. The van der Waals surface area contributed by atoms with Crippen LogP contribution in [0, 0.1) is 11.8 Å². The molecule has 0 amide bonds. The van der Waals surface area contributed by atoms with Crippen LogP contribution in [0.2, 0.25) is 0 Å². The van der Waals surface area contributed by atoms with E-state index in [4.69, 9.17) is 15.7 Å². The van der Waals surface area contributed by atoms with Gasteiger partial charge in [0.25, 0.3) is 5.56 Å². The van der Waals surface area contributed by atoms with Crippen LogP contribution in [0.4, 0.5) is 11.4 Å². The van der Waals surface area contributed by atoms with Gasteiger partial charge in [-0.3, -0.25) is 4.79 Å². The summed E-state index contributed by atoms with van der Waals surface area (Å²) in [5, 5.41) is 9.85. The third-order valence-electron chi connectivity index (χ3n) is 3.74. The van der Waals surface area contributed by atoms with Gasteiger partial charge >= 0.3 is 0 Å². The second-order valence-electron chi connectivity index (χ2n) is 5.49. The smallest absolute Gasteiger partial charge is 0.261 e. The van der Waals surface area contributed by atoms with Gasteiger partial charge in [0.05, 0.1) is 18.0 Å². The maximum atomic E-state index is 12.2. The number of ether oxygens (including phenoxy) is 1. The molecule has 0 spiro atoms. The van der Waals surface area contributed by atoms with Crippen molar-refractivity contribution in [2.24, 2.45) is 10.7 Å². The molecule has 1 aliphatic rings. The predicted molar refractivity (Wildman–Crippen MR) is 109 cm³/mol. The van der Waals surface area contributed by atoms with E-state index in [0.717, 1.165) is 19.4 Å². The predicted octanol–water partition coefficient (Wildman–Crippen LogP) is 3.17. The van der Waals surface area contributed by atoms with Crippen LogP contribution in [-0.4, -0.2) is 30.1 Å². The SMILES string of the molecule is C#N.CC.NC(=Nc1ccccc1)c1c(NC2CCCOC2)cc[nH]c1=O. The Morgan fingerprint density at radius 1 is 1.30 bits per heavy atom. The van der Waals surface area contributed by atoms with Crippen LogP contribution < -0.4 is 16.6 Å². The summed E-state index contributed by atoms with van der Waals surface area (Å²) in [6.07, 6.45) is 3.61. The molecule has 1 aliphatic heterocycles. The molecule has 0 radical (unpaired) electrons. The van der Waals surface area contributed by atoms with E-state index in [-0.39, 0.29) is 17.4 Å². The fraction of sp³-hybridized carbons (Fsp3) is 0.350. The fourth-order valence-electron chi connectivity index (χ4n) is 2.63. The molecule has 1 aromatic heterocycles. The number of aromatic nitrogens is 1. The normalized spacial score (nSPS) is 16.1. The van der Waals surface area contributed by atoms with Crippen LogP contribution >= 0.6 is 0 Å². The zero-order valence-electron chi connectivity index (χ0n) is 15.8. The number of rotatable bonds is 4. The lowest BCUT2D eigenvalue weighted by Crippen LogP contribution is -2.33. The molecule has 0 aliphatic carbocycles. The van der Waals surface area contributed by atoms with Crippen molar-refractivity contribution in [3.05, 3.63) is 58.5 Å². The van der Waals surface area contributed by atoms with Crippen molar-refractivity contribution in [2.45, 2.75) is 32.7 Å². The van der Waals surface area contributed by atoms with Crippen molar-refractivity contribution >= 4 is 17.2 Å². The average Bonchev–Trinajstić information content (AvgIpc) is 2.72. The standard InChI is InChI=1S/C17H20N4O2.C2H6.CHN/c18-16(21-12-5-2-1-3-6-12)15-14(8-9-19-17(15)22)20-13-7-4-10-23-11-13;2*1-2/h1-3,5-6,8-9,13H,4,7,10-11H2,(H2,18,21)(H2,19,20,22);1-2H3;1H. The molecule has 0 saturated carbocycles. The third-order valence-corrected chi connectivity index (χ3v) is 3.74. The second-order valence-corrected chi connectivity index (χ2v) is 5.49. The highest BCUT2D eigenvalue weighted by atomic mass is 16.5. The molecule has 144 valence electrons. The summed E-state index contributed by atoms with van der Waals surface area (Å²) in [6.45, 7) is 8.92. The van der Waals surface area contributed by atoms with E-state index in [0.29, 0.717) is 23.5 Å². The first-order valence-corrected chi connectivity index (χ1v) is 8.95. The molecular formula is C20H27N5O2. The van der Waals surface area contributed by atoms with Gasteiger partial charge in [0.15, 0.2) is 0 Å². The van der Waals surface area contributed by atoms with Gasteiger partial charge < -0.3 is 20.8 Å². The Balaban J connectivity index is 0.000000855. The van der Waals surface area contributed by atoms with Gasteiger partial charge in [0.2, 0.25) is 0 Å². The van der Waals surface area contributed by atoms with E-state index in [2.05, 4.69) is 21.9 Å². The number of aliphatic imine (C=N–C) groups is 1. The number of hydrogen-bond donors (Lipinski definition) is 3. The van der Waals surface area contributed by atoms with Gasteiger partial charge in [0.1, 0.15) is 11.4 Å². The lowest BCUT2D eigenvalue weighted by Gasteiger charge is -2.25. The number of nitriles is 1. The van der Waals surface area contributed by atoms with E-state index >= 15 is 0 Å². The molecule has 1 aromatic carbocycles. The molecule has 2 heterocycles. The molecule has 27 heavy (non-hydrogen) atoms. The molecule has 1 fully saturated rings. The summed E-state index contributed by atoms with van der Waals surface area (Å²) in [4.78, 5) is 19.2. The number of para-hydroxylation sites is 1. The van der Waals surface area contributed by atoms with Crippen molar-refractivity contribution in [2.75, 3.05) is 18.5 Å². The molecule has 0 bridgehead atoms. The van der Waals surface area contributed by atoms with Gasteiger partial charge in [-0.1, -0.05) is 32.0 Å². The van der Waals surface area contributed by atoms with E-state index < -0.39 is 0 Å². The summed E-state index contributed by atoms with van der Waals surface area (Å²) in [5.41, 5.74) is 7.59. The van der Waals surface area contributed by atoms with Crippen LogP contribution in [0.1, 0.15) is 32.3 Å². The lowest BCUT2D eigenvalue weighted by molar-refractivity contribution is 0.0876. The zero-order valence-corrected chi connectivity index (χ0v) is 15.8. The molecule has 1 atom stereocenters. The number of nitrogens with two attached hydrogens (primary N) is 1. The molecule has 3 rings (SSSR count). The van der Waals surface area contributed by atoms with Gasteiger partial charge in [-0.05, 0) is 31.0 Å². The van der Waals surface area contributed by atoms with Crippen LogP contribution in [0.3, 0.4) is 0 Å². The largest absolute Gasteiger partial charge is 0.383 e. The first-order valence-electron chi connectivity index (χ1n) is 8.95. The van der Waals surface area contributed by atoms with E-state index in [1.54, 1.807) is 12.3 Å². The average molecular weight is 369 g/mol. The van der Waals surface area contributed by atoms with Gasteiger partial charge in [-0.15, -0.1) is 0 Å². The van der Waals surface area contributed by atoms with Crippen molar-refractivity contribution in [1.29, 1.82) is 5.26 Å². The highest BCUT2D eigenvalue weighted by molar-refractivity contribution is 6.03. The van der Waals surface area contributed by atoms with Crippen LogP contribution in [0.25, 0.3) is 0 Å². The summed E-state index contributed by atoms with van der Waals surface area (Å²) in [6, 6.07) is 11.3. The van der Waals surface area contributed by atoms with Gasteiger partial charge in [0, 0.05) is 25.4 Å². The number of hydrogen-bond acceptors (Lipinski definition) is 5. The third kappa shape index (κ3) is 6.60. The summed E-state index contributed by atoms with van der Waals surface area (Å²) in [7, 11) is 0. The van der Waals surface area contributed by atoms with Crippen molar-refractivity contribution in [3.63, 3.8) is 0 Å². The Hall–Kier alpha value is -3.11. The Labute approximate surface area is 159 Å². The first-order chi connectivity index (χ1) is 13.2. The van der Waals surface area contributed by atoms with Crippen molar-refractivity contribution in [3.8, 4) is 6.57 Å². The number of H-pyrrole nitrogens is 1. The Bertz CT molecular complexity index is 778. The number of nitrogens with zero attached hydrogens (tertiary/aromatic N) is 2. The van der Waals surface area contributed by atoms with Gasteiger partial charge in [-0.2, -0.15) is 0 Å². The number of nitrogens with one attached hydrogen (secondary N) is 2. The number of anilines is 1.